The van der Waals surface area contributed by atoms with Gasteiger partial charge >= 0.3 is 0 Å². The number of anilines is 2. The summed E-state index contributed by atoms with van der Waals surface area (Å²) in [6, 6.07) is 24.5. The van der Waals surface area contributed by atoms with Gasteiger partial charge in [0.25, 0.3) is 0 Å². The van der Waals surface area contributed by atoms with Gasteiger partial charge in [-0.3, -0.25) is 4.79 Å². The van der Waals surface area contributed by atoms with Crippen LogP contribution < -0.4 is 24.8 Å². The number of benzene rings is 3. The lowest BCUT2D eigenvalue weighted by molar-refractivity contribution is -0.114. The molecule has 1 unspecified atom stereocenters. The maximum absolute atomic E-state index is 12.4. The molecule has 0 aromatic heterocycles. The average molecular weight is 435 g/mol. The number of rotatable bonds is 12. The summed E-state index contributed by atoms with van der Waals surface area (Å²) in [4.78, 5) is 12.4. The standard InChI is InChI=1S/C26H30N2O4/c1-3-20(2)32-23-13-9-10-21(18-23)28-26(29)19-27-24-14-7-8-15-25(24)31-17-16-30-22-11-5-4-6-12-22/h4-15,18,20,27H,3,16-17,19H2,1-2H3,(H,28,29). The highest BCUT2D eigenvalue weighted by molar-refractivity contribution is 5.94. The molecule has 0 bridgehead atoms. The number of hydrogen-bond acceptors (Lipinski definition) is 5. The molecule has 1 atom stereocenters. The van der Waals surface area contributed by atoms with Crippen LogP contribution in [0.1, 0.15) is 20.3 Å². The molecule has 0 fully saturated rings. The molecule has 3 rings (SSSR count). The molecule has 0 heterocycles. The van der Waals surface area contributed by atoms with Gasteiger partial charge in [0, 0.05) is 11.8 Å². The Labute approximate surface area is 189 Å². The van der Waals surface area contributed by atoms with Gasteiger partial charge in [-0.1, -0.05) is 43.3 Å². The maximum Gasteiger partial charge on any atom is 0.243 e. The Bertz CT molecular complexity index is 978. The van der Waals surface area contributed by atoms with Crippen molar-refractivity contribution in [2.45, 2.75) is 26.4 Å². The number of para-hydroxylation sites is 3. The van der Waals surface area contributed by atoms with Crippen molar-refractivity contribution in [1.29, 1.82) is 0 Å². The lowest BCUT2D eigenvalue weighted by atomic mass is 10.2. The first-order chi connectivity index (χ1) is 15.6. The molecule has 0 radical (unpaired) electrons. The fraction of sp³-hybridized carbons (Fsp3) is 0.269. The van der Waals surface area contributed by atoms with Crippen LogP contribution in [0.15, 0.2) is 78.9 Å². The molecular weight excluding hydrogens is 404 g/mol. The van der Waals surface area contributed by atoms with Crippen LogP contribution in [0.3, 0.4) is 0 Å². The number of amides is 1. The van der Waals surface area contributed by atoms with Crippen molar-refractivity contribution >= 4 is 17.3 Å². The molecule has 0 aliphatic rings. The van der Waals surface area contributed by atoms with Crippen LogP contribution in [0, 0.1) is 0 Å². The van der Waals surface area contributed by atoms with Crippen LogP contribution in [-0.2, 0) is 4.79 Å². The van der Waals surface area contributed by atoms with Crippen molar-refractivity contribution in [2.24, 2.45) is 0 Å². The molecule has 3 aromatic rings. The van der Waals surface area contributed by atoms with Gasteiger partial charge in [0.2, 0.25) is 5.91 Å². The lowest BCUT2D eigenvalue weighted by Crippen LogP contribution is -2.22. The van der Waals surface area contributed by atoms with Gasteiger partial charge < -0.3 is 24.8 Å². The number of nitrogens with one attached hydrogen (secondary N) is 2. The minimum atomic E-state index is -0.159. The van der Waals surface area contributed by atoms with E-state index in [2.05, 4.69) is 17.6 Å². The smallest absolute Gasteiger partial charge is 0.243 e. The van der Waals surface area contributed by atoms with Crippen molar-refractivity contribution in [3.8, 4) is 17.2 Å². The summed E-state index contributed by atoms with van der Waals surface area (Å²) < 4.78 is 17.3. The second-order valence-corrected chi connectivity index (χ2v) is 7.27. The Kier molecular flexibility index (Phi) is 8.80. The molecule has 0 spiro atoms. The number of carbonyl (C=O) groups excluding carboxylic acids is 1. The molecule has 1 amide bonds. The fourth-order valence-electron chi connectivity index (χ4n) is 2.91. The van der Waals surface area contributed by atoms with Crippen LogP contribution in [0.4, 0.5) is 11.4 Å². The highest BCUT2D eigenvalue weighted by atomic mass is 16.5. The van der Waals surface area contributed by atoms with E-state index in [0.29, 0.717) is 24.7 Å². The summed E-state index contributed by atoms with van der Waals surface area (Å²) in [6.07, 6.45) is 1.04. The highest BCUT2D eigenvalue weighted by Gasteiger charge is 2.08. The molecule has 6 heteroatoms. The van der Waals surface area contributed by atoms with Crippen molar-refractivity contribution < 1.29 is 19.0 Å². The van der Waals surface area contributed by atoms with Gasteiger partial charge in [-0.05, 0) is 49.7 Å². The quantitative estimate of drug-likeness (QED) is 0.375. The number of ether oxygens (including phenoxy) is 3. The van der Waals surface area contributed by atoms with E-state index in [1.165, 1.54) is 0 Å². The minimum absolute atomic E-state index is 0.108. The van der Waals surface area contributed by atoms with E-state index in [1.807, 2.05) is 85.8 Å². The second kappa shape index (κ2) is 12.2. The zero-order valence-electron chi connectivity index (χ0n) is 18.5. The average Bonchev–Trinajstić information content (AvgIpc) is 2.82. The molecule has 3 aromatic carbocycles. The Morgan fingerprint density at radius 3 is 2.41 bits per heavy atom. The molecular formula is C26H30N2O4. The summed E-state index contributed by atoms with van der Waals surface area (Å²) in [5, 5.41) is 6.03. The van der Waals surface area contributed by atoms with Crippen molar-refractivity contribution in [1.82, 2.24) is 0 Å². The SMILES string of the molecule is CCC(C)Oc1cccc(NC(=O)CNc2ccccc2OCCOc2ccccc2)c1. The van der Waals surface area contributed by atoms with E-state index in [4.69, 9.17) is 14.2 Å². The van der Waals surface area contributed by atoms with Gasteiger partial charge in [-0.2, -0.15) is 0 Å². The Morgan fingerprint density at radius 1 is 0.875 bits per heavy atom. The molecule has 0 aliphatic heterocycles. The zero-order chi connectivity index (χ0) is 22.6. The van der Waals surface area contributed by atoms with Crippen LogP contribution in [0.25, 0.3) is 0 Å². The first kappa shape index (κ1) is 23.0. The third kappa shape index (κ3) is 7.54. The summed E-state index contributed by atoms with van der Waals surface area (Å²) in [7, 11) is 0. The van der Waals surface area contributed by atoms with Crippen LogP contribution in [0.5, 0.6) is 17.2 Å². The fourth-order valence-corrected chi connectivity index (χ4v) is 2.91. The predicted octanol–water partition coefficient (Wildman–Crippen LogP) is 5.37. The molecule has 0 aliphatic carbocycles. The largest absolute Gasteiger partial charge is 0.491 e. The second-order valence-electron chi connectivity index (χ2n) is 7.27. The van der Waals surface area contributed by atoms with E-state index < -0.39 is 0 Å². The molecule has 2 N–H and O–H groups in total. The van der Waals surface area contributed by atoms with Gasteiger partial charge in [0.1, 0.15) is 30.5 Å². The Balaban J connectivity index is 1.47. The summed E-state index contributed by atoms with van der Waals surface area (Å²) in [5.74, 6) is 2.05. The van der Waals surface area contributed by atoms with Gasteiger partial charge in [0.05, 0.1) is 18.3 Å². The van der Waals surface area contributed by atoms with E-state index >= 15 is 0 Å². The highest BCUT2D eigenvalue weighted by Crippen LogP contribution is 2.24. The Hall–Kier alpha value is -3.67. The third-order valence-corrected chi connectivity index (χ3v) is 4.71. The predicted molar refractivity (Wildman–Crippen MR) is 128 cm³/mol. The van der Waals surface area contributed by atoms with Crippen molar-refractivity contribution in [3.63, 3.8) is 0 Å². The minimum Gasteiger partial charge on any atom is -0.491 e. The first-order valence-corrected chi connectivity index (χ1v) is 10.8. The maximum atomic E-state index is 12.4. The van der Waals surface area contributed by atoms with Crippen molar-refractivity contribution in [3.05, 3.63) is 78.9 Å². The van der Waals surface area contributed by atoms with Crippen LogP contribution in [-0.4, -0.2) is 31.8 Å². The molecule has 6 nitrogen and oxygen atoms in total. The number of hydrogen-bond donors (Lipinski definition) is 2. The lowest BCUT2D eigenvalue weighted by Gasteiger charge is -2.15. The topological polar surface area (TPSA) is 68.8 Å². The monoisotopic (exact) mass is 434 g/mol. The molecule has 168 valence electrons. The summed E-state index contributed by atoms with van der Waals surface area (Å²) in [5.41, 5.74) is 1.44. The van der Waals surface area contributed by atoms with Gasteiger partial charge in [0.15, 0.2) is 0 Å². The number of carbonyl (C=O) groups is 1. The molecule has 0 saturated heterocycles. The summed E-state index contributed by atoms with van der Waals surface area (Å²) in [6.45, 7) is 5.01. The normalized spacial score (nSPS) is 11.3. The van der Waals surface area contributed by atoms with Gasteiger partial charge in [-0.15, -0.1) is 0 Å². The third-order valence-electron chi connectivity index (χ3n) is 4.71. The van der Waals surface area contributed by atoms with E-state index in [1.54, 1.807) is 0 Å². The van der Waals surface area contributed by atoms with E-state index in [-0.39, 0.29) is 18.6 Å². The van der Waals surface area contributed by atoms with E-state index in [9.17, 15) is 4.79 Å². The molecule has 32 heavy (non-hydrogen) atoms. The van der Waals surface area contributed by atoms with Crippen molar-refractivity contribution in [2.75, 3.05) is 30.4 Å². The Morgan fingerprint density at radius 2 is 1.59 bits per heavy atom. The molecule has 0 saturated carbocycles. The van der Waals surface area contributed by atoms with Crippen LogP contribution in [0.2, 0.25) is 0 Å². The van der Waals surface area contributed by atoms with Crippen LogP contribution >= 0.6 is 0 Å². The van der Waals surface area contributed by atoms with E-state index in [0.717, 1.165) is 23.6 Å². The van der Waals surface area contributed by atoms with Gasteiger partial charge in [-0.25, -0.2) is 0 Å². The first-order valence-electron chi connectivity index (χ1n) is 10.8. The summed E-state index contributed by atoms with van der Waals surface area (Å²) >= 11 is 0. The zero-order valence-corrected chi connectivity index (χ0v) is 18.5.